The fourth-order valence-corrected chi connectivity index (χ4v) is 3.44. The van der Waals surface area contributed by atoms with Crippen molar-refractivity contribution in [2.24, 2.45) is 10.8 Å². The minimum atomic E-state index is -1.16. The van der Waals surface area contributed by atoms with Gasteiger partial charge >= 0.3 is 5.97 Å². The highest BCUT2D eigenvalue weighted by molar-refractivity contribution is 6.08. The number of carbonyl (C=O) groups is 2. The zero-order chi connectivity index (χ0) is 16.1. The topological polar surface area (TPSA) is 86.5 Å². The van der Waals surface area contributed by atoms with Crippen LogP contribution in [0.25, 0.3) is 0 Å². The highest BCUT2D eigenvalue weighted by atomic mass is 16.6. The molecule has 0 bridgehead atoms. The maximum Gasteiger partial charge on any atom is 0.319 e. The molecule has 1 atom stereocenters. The molecule has 6 nitrogen and oxygen atoms in total. The van der Waals surface area contributed by atoms with Crippen LogP contribution < -0.4 is 0 Å². The maximum atomic E-state index is 12.8. The summed E-state index contributed by atoms with van der Waals surface area (Å²) in [5.74, 6) is -0.675. The van der Waals surface area contributed by atoms with Crippen molar-refractivity contribution in [2.45, 2.75) is 39.2 Å². The third-order valence-corrected chi connectivity index (χ3v) is 4.89. The predicted molar refractivity (Wildman–Crippen MR) is 77.0 cm³/mol. The van der Waals surface area contributed by atoms with Crippen molar-refractivity contribution >= 4 is 17.4 Å². The van der Waals surface area contributed by atoms with E-state index < -0.39 is 27.8 Å². The minimum Gasteiger partial charge on any atom is -0.456 e. The number of cyclic esters (lactones) is 1. The van der Waals surface area contributed by atoms with Gasteiger partial charge in [-0.3, -0.25) is 19.7 Å². The number of rotatable bonds is 2. The highest BCUT2D eigenvalue weighted by Gasteiger charge is 2.62. The standard InChI is InChI=1S/C16H17NO5/c1-15(2)13(18)16(7-4-8-16)12(22-14(15)19)10-5-3-6-11(9-10)17(20)21/h3,5-6,9,12H,4,7-8H2,1-2H3. The third kappa shape index (κ3) is 1.86. The molecule has 0 radical (unpaired) electrons. The monoisotopic (exact) mass is 303 g/mol. The predicted octanol–water partition coefficient (Wildman–Crippen LogP) is 2.96. The molecule has 1 aliphatic carbocycles. The van der Waals surface area contributed by atoms with Crippen LogP contribution in [0.1, 0.15) is 44.8 Å². The van der Waals surface area contributed by atoms with E-state index in [9.17, 15) is 19.7 Å². The Kier molecular flexibility index (Phi) is 3.09. The molecule has 116 valence electrons. The Morgan fingerprint density at radius 3 is 2.50 bits per heavy atom. The molecule has 0 amide bonds. The van der Waals surface area contributed by atoms with Crippen molar-refractivity contribution in [3.8, 4) is 0 Å². The van der Waals surface area contributed by atoms with Crippen molar-refractivity contribution in [3.63, 3.8) is 0 Å². The lowest BCUT2D eigenvalue weighted by molar-refractivity contribution is -0.385. The molecule has 2 fully saturated rings. The molecule has 1 saturated heterocycles. The summed E-state index contributed by atoms with van der Waals surface area (Å²) < 4.78 is 5.57. The second-order valence-electron chi connectivity index (χ2n) is 6.60. The van der Waals surface area contributed by atoms with Crippen molar-refractivity contribution < 1.29 is 19.2 Å². The highest BCUT2D eigenvalue weighted by Crippen LogP contribution is 2.58. The number of ketones is 1. The molecule has 1 aromatic rings. The number of nitrogens with zero attached hydrogens (tertiary/aromatic N) is 1. The van der Waals surface area contributed by atoms with Crippen LogP contribution >= 0.6 is 0 Å². The number of nitro groups is 1. The van der Waals surface area contributed by atoms with Gasteiger partial charge in [0.25, 0.3) is 5.69 Å². The van der Waals surface area contributed by atoms with Gasteiger partial charge < -0.3 is 4.74 Å². The lowest BCUT2D eigenvalue weighted by Crippen LogP contribution is -2.57. The van der Waals surface area contributed by atoms with E-state index in [1.165, 1.54) is 12.1 Å². The quantitative estimate of drug-likeness (QED) is 0.363. The van der Waals surface area contributed by atoms with Crippen LogP contribution in [0, 0.1) is 20.9 Å². The number of benzene rings is 1. The van der Waals surface area contributed by atoms with E-state index in [0.717, 1.165) is 6.42 Å². The van der Waals surface area contributed by atoms with Gasteiger partial charge in [-0.15, -0.1) is 0 Å². The van der Waals surface area contributed by atoms with Crippen molar-refractivity contribution in [2.75, 3.05) is 0 Å². The number of esters is 1. The van der Waals surface area contributed by atoms with E-state index in [-0.39, 0.29) is 11.5 Å². The Morgan fingerprint density at radius 1 is 1.27 bits per heavy atom. The SMILES string of the molecule is CC1(C)C(=O)OC(c2cccc([N+](=O)[O-])c2)C2(CCC2)C1=O. The lowest BCUT2D eigenvalue weighted by atomic mass is 9.55. The Hall–Kier alpha value is -2.24. The van der Waals surface area contributed by atoms with Crippen LogP contribution in [-0.2, 0) is 14.3 Å². The summed E-state index contributed by atoms with van der Waals surface area (Å²) in [6.45, 7) is 3.17. The first-order chi connectivity index (χ1) is 10.3. The number of Topliss-reactive ketones (excluding diaryl/α,β-unsaturated/α-hetero) is 1. The van der Waals surface area contributed by atoms with Gasteiger partial charge in [-0.05, 0) is 26.7 Å². The number of carbonyl (C=O) groups excluding carboxylic acids is 2. The fraction of sp³-hybridized carbons (Fsp3) is 0.500. The van der Waals surface area contributed by atoms with Crippen LogP contribution in [0.3, 0.4) is 0 Å². The molecule has 1 spiro atoms. The Balaban J connectivity index is 2.06. The summed E-state index contributed by atoms with van der Waals surface area (Å²) in [6, 6.07) is 6.01. The van der Waals surface area contributed by atoms with E-state index in [2.05, 4.69) is 0 Å². The van der Waals surface area contributed by atoms with Gasteiger partial charge in [0.05, 0.1) is 10.3 Å². The Labute approximate surface area is 127 Å². The Morgan fingerprint density at radius 2 is 1.95 bits per heavy atom. The zero-order valence-corrected chi connectivity index (χ0v) is 12.5. The molecule has 0 N–H and O–H groups in total. The van der Waals surface area contributed by atoms with E-state index >= 15 is 0 Å². The summed E-state index contributed by atoms with van der Waals surface area (Å²) in [7, 11) is 0. The number of non-ortho nitro benzene ring substituents is 1. The number of hydrogen-bond acceptors (Lipinski definition) is 5. The van der Waals surface area contributed by atoms with Crippen molar-refractivity contribution in [1.29, 1.82) is 0 Å². The second-order valence-corrected chi connectivity index (χ2v) is 6.60. The van der Waals surface area contributed by atoms with Gasteiger partial charge in [0.15, 0.2) is 5.78 Å². The van der Waals surface area contributed by atoms with Crippen LogP contribution in [0.4, 0.5) is 5.69 Å². The van der Waals surface area contributed by atoms with Gasteiger partial charge in [0.2, 0.25) is 0 Å². The molecule has 0 aromatic heterocycles. The maximum absolute atomic E-state index is 12.8. The zero-order valence-electron chi connectivity index (χ0n) is 12.5. The van der Waals surface area contributed by atoms with Gasteiger partial charge in [-0.2, -0.15) is 0 Å². The summed E-state index contributed by atoms with van der Waals surface area (Å²) in [5.41, 5.74) is -1.43. The molecule has 3 rings (SSSR count). The summed E-state index contributed by atoms with van der Waals surface area (Å²) in [6.07, 6.45) is 1.46. The molecule has 1 unspecified atom stereocenters. The first-order valence-corrected chi connectivity index (χ1v) is 7.29. The minimum absolute atomic E-state index is 0.0692. The summed E-state index contributed by atoms with van der Waals surface area (Å²) in [5, 5.41) is 10.9. The van der Waals surface area contributed by atoms with E-state index in [1.807, 2.05) is 0 Å². The second kappa shape index (κ2) is 4.63. The summed E-state index contributed by atoms with van der Waals surface area (Å²) >= 11 is 0. The van der Waals surface area contributed by atoms with Crippen LogP contribution in [0.5, 0.6) is 0 Å². The average Bonchev–Trinajstić information content (AvgIpc) is 2.43. The van der Waals surface area contributed by atoms with Crippen LogP contribution in [0.2, 0.25) is 0 Å². The number of ether oxygens (including phenoxy) is 1. The molecule has 1 aromatic carbocycles. The normalized spacial score (nSPS) is 25.5. The number of nitro benzene ring substituents is 1. The van der Waals surface area contributed by atoms with E-state index in [1.54, 1.807) is 26.0 Å². The first kappa shape index (κ1) is 14.7. The van der Waals surface area contributed by atoms with Crippen molar-refractivity contribution in [1.82, 2.24) is 0 Å². The van der Waals surface area contributed by atoms with Crippen LogP contribution in [0.15, 0.2) is 24.3 Å². The Bertz CT molecular complexity index is 675. The smallest absolute Gasteiger partial charge is 0.319 e. The molecule has 2 aliphatic rings. The van der Waals surface area contributed by atoms with Crippen LogP contribution in [-0.4, -0.2) is 16.7 Å². The molecular weight excluding hydrogens is 286 g/mol. The van der Waals surface area contributed by atoms with Gasteiger partial charge in [-0.1, -0.05) is 18.6 Å². The molecule has 1 saturated carbocycles. The molecular formula is C16H17NO5. The van der Waals surface area contributed by atoms with Gasteiger partial charge in [0, 0.05) is 17.7 Å². The molecule has 1 aliphatic heterocycles. The van der Waals surface area contributed by atoms with Gasteiger partial charge in [0.1, 0.15) is 11.5 Å². The third-order valence-electron chi connectivity index (χ3n) is 4.89. The molecule has 1 heterocycles. The van der Waals surface area contributed by atoms with E-state index in [0.29, 0.717) is 18.4 Å². The van der Waals surface area contributed by atoms with Crippen molar-refractivity contribution in [3.05, 3.63) is 39.9 Å². The average molecular weight is 303 g/mol. The lowest BCUT2D eigenvalue weighted by Gasteiger charge is -2.52. The first-order valence-electron chi connectivity index (χ1n) is 7.29. The fourth-order valence-electron chi connectivity index (χ4n) is 3.44. The van der Waals surface area contributed by atoms with E-state index in [4.69, 9.17) is 4.74 Å². The summed E-state index contributed by atoms with van der Waals surface area (Å²) in [4.78, 5) is 35.5. The largest absolute Gasteiger partial charge is 0.456 e. The molecule has 6 heteroatoms. The van der Waals surface area contributed by atoms with Gasteiger partial charge in [-0.25, -0.2) is 0 Å². The molecule has 22 heavy (non-hydrogen) atoms. The number of hydrogen-bond donors (Lipinski definition) is 0.